The molecular weight excluding hydrogens is 298 g/mol. The van der Waals surface area contributed by atoms with Gasteiger partial charge in [0.1, 0.15) is 0 Å². The minimum atomic E-state index is -0.693. The molecule has 3 unspecified atom stereocenters. The largest absolute Gasteiger partial charge is 0.354 e. The summed E-state index contributed by atoms with van der Waals surface area (Å²) >= 11 is 0. The Bertz CT molecular complexity index is 528. The Kier molecular flexibility index (Phi) is 6.42. The second-order valence-corrected chi connectivity index (χ2v) is 7.75. The van der Waals surface area contributed by atoms with Gasteiger partial charge in [0.05, 0.1) is 6.20 Å². The number of hydrogen-bond acceptors (Lipinski definition) is 3. The molecule has 0 aromatic carbocycles. The fraction of sp³-hybridized carbons (Fsp3) is 0.733. The molecule has 3 atom stereocenters. The van der Waals surface area contributed by atoms with Crippen LogP contribution in [0.3, 0.4) is 0 Å². The van der Waals surface area contributed by atoms with Crippen LogP contribution in [0.25, 0.3) is 0 Å². The minimum absolute atomic E-state index is 0.327. The lowest BCUT2D eigenvalue weighted by Crippen LogP contribution is -2.46. The lowest BCUT2D eigenvalue weighted by atomic mass is 9.95. The summed E-state index contributed by atoms with van der Waals surface area (Å²) < 4.78 is 13.8. The molecule has 22 heavy (non-hydrogen) atoms. The van der Waals surface area contributed by atoms with E-state index in [0.717, 1.165) is 43.0 Å². The number of nitrogens with zero attached hydrogens (tertiary/aromatic N) is 3. The lowest BCUT2D eigenvalue weighted by molar-refractivity contribution is 0.413. The predicted octanol–water partition coefficient (Wildman–Crippen LogP) is 1.16. The van der Waals surface area contributed by atoms with E-state index in [0.29, 0.717) is 17.8 Å². The maximum atomic E-state index is 12.0. The summed E-state index contributed by atoms with van der Waals surface area (Å²) in [6.45, 7) is 2.70. The van der Waals surface area contributed by atoms with E-state index in [2.05, 4.69) is 20.7 Å². The first-order valence-corrected chi connectivity index (χ1v) is 9.32. The predicted molar refractivity (Wildman–Crippen MR) is 91.3 cm³/mol. The van der Waals surface area contributed by atoms with Crippen molar-refractivity contribution in [3.05, 3.63) is 18.0 Å². The monoisotopic (exact) mass is 325 g/mol. The molecule has 0 amide bonds. The zero-order chi connectivity index (χ0) is 15.9. The van der Waals surface area contributed by atoms with E-state index < -0.39 is 10.8 Å². The van der Waals surface area contributed by atoms with Crippen LogP contribution in [0.2, 0.25) is 0 Å². The molecule has 1 aliphatic rings. The van der Waals surface area contributed by atoms with Crippen molar-refractivity contribution < 1.29 is 4.21 Å². The Morgan fingerprint density at radius 1 is 1.55 bits per heavy atom. The van der Waals surface area contributed by atoms with Gasteiger partial charge in [0.25, 0.3) is 0 Å². The second kappa shape index (κ2) is 8.31. The first-order valence-electron chi connectivity index (χ1n) is 7.94. The Morgan fingerprint density at radius 3 is 3.00 bits per heavy atom. The number of hydrogen-bond donors (Lipinski definition) is 2. The van der Waals surface area contributed by atoms with Gasteiger partial charge in [-0.3, -0.25) is 13.9 Å². The highest BCUT2D eigenvalue weighted by Crippen LogP contribution is 2.22. The fourth-order valence-electron chi connectivity index (χ4n) is 2.89. The highest BCUT2D eigenvalue weighted by Gasteiger charge is 2.25. The molecule has 6 nitrogen and oxygen atoms in total. The van der Waals surface area contributed by atoms with Gasteiger partial charge in [-0.1, -0.05) is 13.3 Å². The normalized spacial score (nSPS) is 24.0. The van der Waals surface area contributed by atoms with E-state index >= 15 is 0 Å². The number of nitrogens with one attached hydrogen (secondary N) is 2. The Morgan fingerprint density at radius 2 is 2.36 bits per heavy atom. The molecule has 0 bridgehead atoms. The molecule has 0 radical (unpaired) electrons. The number of aryl methyl sites for hydroxylation is 1. The molecule has 1 aromatic heterocycles. The lowest BCUT2D eigenvalue weighted by Gasteiger charge is -2.30. The molecule has 124 valence electrons. The average molecular weight is 325 g/mol. The Labute approximate surface area is 135 Å². The molecule has 0 spiro atoms. The van der Waals surface area contributed by atoms with Gasteiger partial charge in [-0.15, -0.1) is 0 Å². The maximum Gasteiger partial charge on any atom is 0.191 e. The number of aromatic nitrogens is 2. The second-order valence-electron chi connectivity index (χ2n) is 5.75. The van der Waals surface area contributed by atoms with Crippen LogP contribution < -0.4 is 10.6 Å². The first-order chi connectivity index (χ1) is 10.6. The molecule has 1 aliphatic carbocycles. The molecule has 2 rings (SSSR count). The van der Waals surface area contributed by atoms with Crippen LogP contribution in [0.15, 0.2) is 17.4 Å². The van der Waals surface area contributed by atoms with Crippen molar-refractivity contribution in [3.63, 3.8) is 0 Å². The third-order valence-electron chi connectivity index (χ3n) is 4.07. The van der Waals surface area contributed by atoms with Gasteiger partial charge in [0, 0.05) is 60.2 Å². The number of guanidine groups is 1. The van der Waals surface area contributed by atoms with Crippen molar-refractivity contribution >= 4 is 16.8 Å². The summed E-state index contributed by atoms with van der Waals surface area (Å²) in [5, 5.41) is 11.3. The van der Waals surface area contributed by atoms with Crippen LogP contribution in [-0.2, 0) is 24.4 Å². The summed E-state index contributed by atoms with van der Waals surface area (Å²) in [6.07, 6.45) is 8.13. The average Bonchev–Trinajstić information content (AvgIpc) is 2.96. The molecule has 7 heteroatoms. The molecule has 0 saturated heterocycles. The summed E-state index contributed by atoms with van der Waals surface area (Å²) in [5.74, 6) is 1.56. The standard InChI is InChI=1S/C15H27N5OS/c1-4-22(21)14-7-5-6-13(8-14)19-15(16-2)17-9-12-10-18-20(3)11-12/h10-11,13-14H,4-9H2,1-3H3,(H2,16,17,19). The van der Waals surface area contributed by atoms with Gasteiger partial charge < -0.3 is 10.6 Å². The molecule has 0 aliphatic heterocycles. The van der Waals surface area contributed by atoms with E-state index in [9.17, 15) is 4.21 Å². The highest BCUT2D eigenvalue weighted by atomic mass is 32.2. The van der Waals surface area contributed by atoms with Crippen molar-refractivity contribution in [2.24, 2.45) is 12.0 Å². The van der Waals surface area contributed by atoms with E-state index in [4.69, 9.17) is 0 Å². The van der Waals surface area contributed by atoms with Gasteiger partial charge >= 0.3 is 0 Å². The van der Waals surface area contributed by atoms with Crippen molar-refractivity contribution in [2.75, 3.05) is 12.8 Å². The molecule has 1 fully saturated rings. The summed E-state index contributed by atoms with van der Waals surface area (Å²) in [7, 11) is 3.00. The van der Waals surface area contributed by atoms with Crippen molar-refractivity contribution in [2.45, 2.75) is 50.4 Å². The van der Waals surface area contributed by atoms with E-state index in [1.807, 2.05) is 26.4 Å². The van der Waals surface area contributed by atoms with Crippen molar-refractivity contribution in [3.8, 4) is 0 Å². The zero-order valence-electron chi connectivity index (χ0n) is 13.7. The van der Waals surface area contributed by atoms with Crippen molar-refractivity contribution in [1.29, 1.82) is 0 Å². The number of rotatable bonds is 5. The van der Waals surface area contributed by atoms with Gasteiger partial charge in [-0.05, 0) is 19.3 Å². The van der Waals surface area contributed by atoms with Crippen LogP contribution in [0.4, 0.5) is 0 Å². The smallest absolute Gasteiger partial charge is 0.191 e. The van der Waals surface area contributed by atoms with Gasteiger partial charge in [0.2, 0.25) is 0 Å². The van der Waals surface area contributed by atoms with Gasteiger partial charge in [-0.25, -0.2) is 0 Å². The summed E-state index contributed by atoms with van der Waals surface area (Å²) in [4.78, 5) is 4.29. The van der Waals surface area contributed by atoms with Crippen LogP contribution >= 0.6 is 0 Å². The first kappa shape index (κ1) is 17.0. The summed E-state index contributed by atoms with van der Waals surface area (Å²) in [5.41, 5.74) is 1.12. The van der Waals surface area contributed by atoms with Crippen LogP contribution in [0.1, 0.15) is 38.2 Å². The van der Waals surface area contributed by atoms with Crippen LogP contribution in [0, 0.1) is 0 Å². The topological polar surface area (TPSA) is 71.3 Å². The third kappa shape index (κ3) is 4.83. The SMILES string of the molecule is CCS(=O)C1CCCC(NC(=NC)NCc2cnn(C)c2)C1. The molecule has 1 saturated carbocycles. The minimum Gasteiger partial charge on any atom is -0.354 e. The molecule has 1 aromatic rings. The third-order valence-corrected chi connectivity index (χ3v) is 5.81. The van der Waals surface area contributed by atoms with Gasteiger partial charge in [-0.2, -0.15) is 5.10 Å². The highest BCUT2D eigenvalue weighted by molar-refractivity contribution is 7.85. The maximum absolute atomic E-state index is 12.0. The molecular formula is C15H27N5OS. The van der Waals surface area contributed by atoms with Crippen LogP contribution in [-0.4, -0.2) is 44.0 Å². The van der Waals surface area contributed by atoms with E-state index in [-0.39, 0.29) is 0 Å². The Hall–Kier alpha value is -1.37. The molecule has 1 heterocycles. The number of aliphatic imine (C=N–C) groups is 1. The van der Waals surface area contributed by atoms with E-state index in [1.165, 1.54) is 0 Å². The quantitative estimate of drug-likeness (QED) is 0.630. The molecule has 2 N–H and O–H groups in total. The zero-order valence-corrected chi connectivity index (χ0v) is 14.5. The van der Waals surface area contributed by atoms with Crippen molar-refractivity contribution in [1.82, 2.24) is 20.4 Å². The summed E-state index contributed by atoms with van der Waals surface area (Å²) in [6, 6.07) is 0.356. The van der Waals surface area contributed by atoms with Crippen LogP contribution in [0.5, 0.6) is 0 Å². The van der Waals surface area contributed by atoms with Gasteiger partial charge in [0.15, 0.2) is 5.96 Å². The fourth-order valence-corrected chi connectivity index (χ4v) is 4.24. The Balaban J connectivity index is 1.83. The van der Waals surface area contributed by atoms with E-state index in [1.54, 1.807) is 11.7 Å².